The lowest BCUT2D eigenvalue weighted by Gasteiger charge is -2.35. The third kappa shape index (κ3) is 23.9. The number of allylic oxidation sites excluding steroid dienone is 5. The molecule has 1 aliphatic rings. The smallest absolute Gasteiger partial charge is 0.374 e. The first-order valence-corrected chi connectivity index (χ1v) is 25.0. The third-order valence-corrected chi connectivity index (χ3v) is 16.2. The first-order chi connectivity index (χ1) is 24.5. The van der Waals surface area contributed by atoms with Crippen LogP contribution in [0.1, 0.15) is 183 Å². The van der Waals surface area contributed by atoms with Gasteiger partial charge in [-0.1, -0.05) is 140 Å². The average Bonchev–Trinajstić information content (AvgIpc) is 3.63. The van der Waals surface area contributed by atoms with E-state index in [1.165, 1.54) is 128 Å². The van der Waals surface area contributed by atoms with Gasteiger partial charge in [0.25, 0.3) is 0 Å². The second-order valence-corrected chi connectivity index (χ2v) is 18.9. The Kier molecular flexibility index (Phi) is 35.0. The van der Waals surface area contributed by atoms with E-state index in [0.717, 1.165) is 18.9 Å². The monoisotopic (exact) mass is 741 g/mol. The Bertz CT molecular complexity index is 771. The van der Waals surface area contributed by atoms with Gasteiger partial charge in [0.2, 0.25) is 0 Å². The summed E-state index contributed by atoms with van der Waals surface area (Å²) in [5.74, 6) is 0. The molecule has 1 unspecified atom stereocenters. The van der Waals surface area contributed by atoms with E-state index in [0.29, 0.717) is 39.6 Å². The van der Waals surface area contributed by atoms with Crippen LogP contribution in [0.2, 0.25) is 11.6 Å². The maximum atomic E-state index is 6.00. The first-order valence-electron chi connectivity index (χ1n) is 21.3. The Labute approximate surface area is 314 Å². The van der Waals surface area contributed by atoms with Gasteiger partial charge in [-0.2, -0.15) is 0 Å². The van der Waals surface area contributed by atoms with Crippen molar-refractivity contribution < 1.29 is 26.6 Å². The summed E-state index contributed by atoms with van der Waals surface area (Å²) in [6.45, 7) is 22.1. The molecule has 1 rings (SSSR count). The minimum atomic E-state index is -2.60. The molecule has 50 heavy (non-hydrogen) atoms. The van der Waals surface area contributed by atoms with Gasteiger partial charge in [0.1, 0.15) is 0 Å². The fourth-order valence-corrected chi connectivity index (χ4v) is 12.9. The van der Waals surface area contributed by atoms with Crippen molar-refractivity contribution in [2.75, 3.05) is 39.6 Å². The third-order valence-electron chi connectivity index (χ3n) is 9.35. The van der Waals surface area contributed by atoms with Crippen LogP contribution in [0.25, 0.3) is 0 Å². The lowest BCUT2D eigenvalue weighted by molar-refractivity contribution is 0.0635. The van der Waals surface area contributed by atoms with E-state index in [9.17, 15) is 0 Å². The zero-order valence-electron chi connectivity index (χ0n) is 34.3. The molecular weight excluding hydrogens is 657 g/mol. The molecule has 0 fully saturated rings. The zero-order valence-corrected chi connectivity index (χ0v) is 36.3. The van der Waals surface area contributed by atoms with Gasteiger partial charge in [0.15, 0.2) is 0 Å². The summed E-state index contributed by atoms with van der Waals surface area (Å²) in [7, 11) is -5.01. The minimum Gasteiger partial charge on any atom is -0.374 e. The first kappa shape index (κ1) is 49.4. The van der Waals surface area contributed by atoms with Crippen LogP contribution in [0.15, 0.2) is 36.5 Å². The van der Waals surface area contributed by atoms with E-state index in [4.69, 9.17) is 26.6 Å². The van der Waals surface area contributed by atoms with Crippen molar-refractivity contribution >= 4 is 17.6 Å². The van der Waals surface area contributed by atoms with Gasteiger partial charge < -0.3 is 26.6 Å². The fourth-order valence-electron chi connectivity index (χ4n) is 6.95. The highest BCUT2D eigenvalue weighted by Gasteiger charge is 2.49. The van der Waals surface area contributed by atoms with Crippen LogP contribution < -0.4 is 0 Å². The number of hydrogen-bond donors (Lipinski definition) is 0. The summed E-state index contributed by atoms with van der Waals surface area (Å²) in [5.41, 5.74) is 1.67. The lowest BCUT2D eigenvalue weighted by atomic mass is 10.0. The van der Waals surface area contributed by atoms with Crippen LogP contribution in [0.3, 0.4) is 0 Å². The van der Waals surface area contributed by atoms with E-state index in [-0.39, 0.29) is 5.54 Å². The summed E-state index contributed by atoms with van der Waals surface area (Å²) in [6, 6.07) is 0.970. The topological polar surface area (TPSA) is 55.4 Å². The van der Waals surface area contributed by atoms with Gasteiger partial charge >= 0.3 is 17.6 Å². The van der Waals surface area contributed by atoms with Crippen molar-refractivity contribution in [3.63, 3.8) is 0 Å². The van der Waals surface area contributed by atoms with Gasteiger partial charge in [-0.05, 0) is 73.6 Å². The van der Waals surface area contributed by atoms with Crippen LogP contribution in [0.4, 0.5) is 0 Å². The Morgan fingerprint density at radius 3 is 1.20 bits per heavy atom. The average molecular weight is 741 g/mol. The molecule has 0 saturated heterocycles. The molecule has 0 amide bonds. The Balaban J connectivity index is 0.00000112. The predicted octanol–water partition coefficient (Wildman–Crippen LogP) is 13.3. The van der Waals surface area contributed by atoms with E-state index in [1.807, 2.05) is 47.6 Å². The molecule has 0 saturated carbocycles. The second kappa shape index (κ2) is 35.4. The SMILES string of the molecule is C=CCCCCCCCCCCCCCCCCCCCC[Si](OCC)(OCC)OCC.CCO[Si](OCC)(OCC)C(CC)C1=CC=CC1. The van der Waals surface area contributed by atoms with E-state index >= 15 is 0 Å². The van der Waals surface area contributed by atoms with Crippen molar-refractivity contribution in [1.29, 1.82) is 0 Å². The molecule has 0 aromatic heterocycles. The molecule has 0 bridgehead atoms. The molecule has 0 heterocycles. The number of hydrogen-bond acceptors (Lipinski definition) is 6. The zero-order chi connectivity index (χ0) is 37.0. The van der Waals surface area contributed by atoms with Gasteiger partial charge in [-0.25, -0.2) is 0 Å². The normalized spacial score (nSPS) is 13.7. The molecule has 0 aliphatic heterocycles. The lowest BCUT2D eigenvalue weighted by Crippen LogP contribution is -2.50. The maximum Gasteiger partial charge on any atom is 0.508 e. The van der Waals surface area contributed by atoms with Crippen LogP contribution in [-0.2, 0) is 26.6 Å². The molecule has 0 N–H and O–H groups in total. The molecule has 296 valence electrons. The summed E-state index contributed by atoms with van der Waals surface area (Å²) < 4.78 is 35.8. The van der Waals surface area contributed by atoms with E-state index in [2.05, 4.69) is 31.7 Å². The quantitative estimate of drug-likeness (QED) is 0.0362. The Hall–Kier alpha value is -0.586. The van der Waals surface area contributed by atoms with Gasteiger partial charge in [0.05, 0.1) is 5.54 Å². The van der Waals surface area contributed by atoms with Crippen LogP contribution in [-0.4, -0.2) is 57.3 Å². The molecule has 0 aromatic carbocycles. The van der Waals surface area contributed by atoms with Crippen LogP contribution in [0.5, 0.6) is 0 Å². The van der Waals surface area contributed by atoms with Crippen molar-refractivity contribution in [2.24, 2.45) is 0 Å². The van der Waals surface area contributed by atoms with Crippen LogP contribution >= 0.6 is 0 Å². The summed E-state index contributed by atoms with van der Waals surface area (Å²) in [6.07, 6.45) is 36.8. The predicted molar refractivity (Wildman–Crippen MR) is 220 cm³/mol. The summed E-state index contributed by atoms with van der Waals surface area (Å²) in [4.78, 5) is 0. The van der Waals surface area contributed by atoms with Crippen molar-refractivity contribution in [3.8, 4) is 0 Å². The second-order valence-electron chi connectivity index (χ2n) is 13.4. The van der Waals surface area contributed by atoms with Gasteiger partial charge in [-0.3, -0.25) is 0 Å². The molecule has 6 nitrogen and oxygen atoms in total. The highest BCUT2D eigenvalue weighted by atomic mass is 28.4. The van der Waals surface area contributed by atoms with Crippen molar-refractivity contribution in [1.82, 2.24) is 0 Å². The number of unbranched alkanes of at least 4 members (excludes halogenated alkanes) is 18. The largest absolute Gasteiger partial charge is 0.508 e. The molecule has 8 heteroatoms. The molecule has 0 radical (unpaired) electrons. The summed E-state index contributed by atoms with van der Waals surface area (Å²) >= 11 is 0. The van der Waals surface area contributed by atoms with Crippen LogP contribution in [0, 0.1) is 0 Å². The Morgan fingerprint density at radius 2 is 0.900 bits per heavy atom. The van der Waals surface area contributed by atoms with Crippen molar-refractivity contribution in [2.45, 2.75) is 195 Å². The van der Waals surface area contributed by atoms with Gasteiger partial charge in [-0.15, -0.1) is 6.58 Å². The standard InChI is InChI=1S/C28H58O3Si.C14H26O3Si/c1-5-9-10-11-12-13-14-15-16-17-18-19-20-21-22-23-24-25-26-27-28-32(29-6-2,30-7-3)31-8-4;1-5-14(13-11-9-10-12-13)18(15-6-2,16-7-3)17-8-4/h5H,1,6-28H2,2-4H3;9-11,14H,5-8,12H2,1-4H3. The van der Waals surface area contributed by atoms with Gasteiger partial charge in [0, 0.05) is 45.7 Å². The van der Waals surface area contributed by atoms with E-state index < -0.39 is 17.6 Å². The highest BCUT2D eigenvalue weighted by Crippen LogP contribution is 2.39. The fraction of sp³-hybridized carbons (Fsp3) is 0.857. The molecular formula is C42H84O6Si2. The highest BCUT2D eigenvalue weighted by molar-refractivity contribution is 6.63. The molecule has 1 aliphatic carbocycles. The molecule has 1 atom stereocenters. The molecule has 0 spiro atoms. The summed E-state index contributed by atoms with van der Waals surface area (Å²) in [5, 5.41) is 0. The number of rotatable bonds is 36. The Morgan fingerprint density at radius 1 is 0.540 bits per heavy atom. The van der Waals surface area contributed by atoms with Crippen molar-refractivity contribution in [3.05, 3.63) is 36.5 Å². The maximum absolute atomic E-state index is 6.00. The minimum absolute atomic E-state index is 0.285. The molecule has 0 aromatic rings. The van der Waals surface area contributed by atoms with E-state index in [1.54, 1.807) is 0 Å².